The first-order valence-electron chi connectivity index (χ1n) is 8.20. The van der Waals surface area contributed by atoms with Crippen molar-refractivity contribution >= 4 is 5.91 Å². The van der Waals surface area contributed by atoms with Gasteiger partial charge in [0, 0.05) is 24.0 Å². The molecule has 0 saturated carbocycles. The van der Waals surface area contributed by atoms with Gasteiger partial charge >= 0.3 is 0 Å². The summed E-state index contributed by atoms with van der Waals surface area (Å²) >= 11 is 0. The third-order valence-electron chi connectivity index (χ3n) is 4.42. The van der Waals surface area contributed by atoms with Crippen molar-refractivity contribution in [2.45, 2.75) is 38.6 Å². The highest BCUT2D eigenvalue weighted by Crippen LogP contribution is 2.32. The lowest BCUT2D eigenvalue weighted by Gasteiger charge is -2.36. The Balaban J connectivity index is 1.90. The van der Waals surface area contributed by atoms with Crippen LogP contribution in [0, 0.1) is 5.82 Å². The quantitative estimate of drug-likeness (QED) is 0.853. The van der Waals surface area contributed by atoms with Gasteiger partial charge in [0.15, 0.2) is 0 Å². The Morgan fingerprint density at radius 3 is 2.96 bits per heavy atom. The van der Waals surface area contributed by atoms with Gasteiger partial charge in [0.1, 0.15) is 5.82 Å². The van der Waals surface area contributed by atoms with Crippen LogP contribution in [0.5, 0.6) is 0 Å². The van der Waals surface area contributed by atoms with Crippen molar-refractivity contribution in [2.24, 2.45) is 0 Å². The molecule has 1 aromatic heterocycles. The summed E-state index contributed by atoms with van der Waals surface area (Å²) in [5.41, 5.74) is 2.46. The molecule has 1 amide bonds. The Bertz CT molecular complexity index is 701. The lowest BCUT2D eigenvalue weighted by Crippen LogP contribution is -2.38. The second-order valence-electron chi connectivity index (χ2n) is 5.95. The molecule has 1 aromatic carbocycles. The molecule has 3 rings (SSSR count). The van der Waals surface area contributed by atoms with Crippen LogP contribution >= 0.6 is 0 Å². The maximum absolute atomic E-state index is 13.6. The second-order valence-corrected chi connectivity index (χ2v) is 5.95. The van der Waals surface area contributed by atoms with E-state index < -0.39 is 0 Å². The van der Waals surface area contributed by atoms with Crippen molar-refractivity contribution in [3.8, 4) is 0 Å². The fraction of sp³-hybridized carbons (Fsp3) is 0.368. The summed E-state index contributed by atoms with van der Waals surface area (Å²) in [6.07, 6.45) is 5.41. The summed E-state index contributed by atoms with van der Waals surface area (Å²) in [6, 6.07) is 10.2. The first kappa shape index (κ1) is 15.7. The molecule has 1 aliphatic rings. The molecule has 120 valence electrons. The number of hydrogen-bond donors (Lipinski definition) is 0. The van der Waals surface area contributed by atoms with Crippen molar-refractivity contribution < 1.29 is 9.18 Å². The average Bonchev–Trinajstić information content (AvgIpc) is 2.61. The highest BCUT2D eigenvalue weighted by Gasteiger charge is 2.29. The minimum absolute atomic E-state index is 0.0102. The molecule has 0 radical (unpaired) electrons. The fourth-order valence-corrected chi connectivity index (χ4v) is 3.21. The highest BCUT2D eigenvalue weighted by atomic mass is 19.1. The lowest BCUT2D eigenvalue weighted by molar-refractivity contribution is 0.0611. The van der Waals surface area contributed by atoms with Crippen molar-refractivity contribution in [3.05, 3.63) is 65.2 Å². The molecule has 0 N–H and O–H groups in total. The predicted octanol–water partition coefficient (Wildman–Crippen LogP) is 4.15. The topological polar surface area (TPSA) is 33.2 Å². The molecule has 23 heavy (non-hydrogen) atoms. The van der Waals surface area contributed by atoms with Crippen LogP contribution in [0.25, 0.3) is 0 Å². The van der Waals surface area contributed by atoms with Crippen LogP contribution in [0.2, 0.25) is 0 Å². The normalized spacial score (nSPS) is 18.0. The summed E-state index contributed by atoms with van der Waals surface area (Å²) in [5, 5.41) is 0. The van der Waals surface area contributed by atoms with Gasteiger partial charge < -0.3 is 4.90 Å². The number of carbonyl (C=O) groups is 1. The number of pyridine rings is 1. The summed E-state index contributed by atoms with van der Waals surface area (Å²) in [4.78, 5) is 19.1. The van der Waals surface area contributed by atoms with E-state index in [0.717, 1.165) is 36.9 Å². The van der Waals surface area contributed by atoms with Crippen LogP contribution in [-0.4, -0.2) is 22.3 Å². The average molecular weight is 312 g/mol. The molecule has 1 fully saturated rings. The number of likely N-dealkylation sites (tertiary alicyclic amines) is 1. The molecule has 0 spiro atoms. The molecule has 1 unspecified atom stereocenters. The number of carbonyl (C=O) groups excluding carboxylic acids is 1. The SMILES string of the molecule is CCc1cc(C(=O)N2CCCCC2c2cccc(F)c2)ccn1. The van der Waals surface area contributed by atoms with E-state index in [4.69, 9.17) is 0 Å². The zero-order valence-corrected chi connectivity index (χ0v) is 13.3. The summed E-state index contributed by atoms with van der Waals surface area (Å²) in [6.45, 7) is 2.73. The molecule has 3 nitrogen and oxygen atoms in total. The van der Waals surface area contributed by atoms with Gasteiger partial charge in [-0.25, -0.2) is 4.39 Å². The Morgan fingerprint density at radius 2 is 2.17 bits per heavy atom. The van der Waals surface area contributed by atoms with Crippen molar-refractivity contribution in [1.29, 1.82) is 0 Å². The lowest BCUT2D eigenvalue weighted by atomic mass is 9.94. The molecule has 1 aliphatic heterocycles. The third kappa shape index (κ3) is 3.41. The van der Waals surface area contributed by atoms with E-state index in [1.807, 2.05) is 24.0 Å². The minimum atomic E-state index is -0.252. The Labute approximate surface area is 136 Å². The number of aromatic nitrogens is 1. The largest absolute Gasteiger partial charge is 0.332 e. The molecule has 0 bridgehead atoms. The number of rotatable bonds is 3. The number of amides is 1. The number of piperidine rings is 1. The predicted molar refractivity (Wildman–Crippen MR) is 87.6 cm³/mol. The molecular weight excluding hydrogens is 291 g/mol. The summed E-state index contributed by atoms with van der Waals surface area (Å²) in [7, 11) is 0. The number of hydrogen-bond acceptors (Lipinski definition) is 2. The van der Waals surface area contributed by atoms with Crippen LogP contribution < -0.4 is 0 Å². The molecule has 0 aliphatic carbocycles. The van der Waals surface area contributed by atoms with E-state index in [2.05, 4.69) is 4.98 Å². The molecular formula is C19H21FN2O. The van der Waals surface area contributed by atoms with Crippen LogP contribution in [0.3, 0.4) is 0 Å². The molecule has 2 aromatic rings. The number of aryl methyl sites for hydroxylation is 1. The zero-order chi connectivity index (χ0) is 16.2. The van der Waals surface area contributed by atoms with E-state index in [9.17, 15) is 9.18 Å². The summed E-state index contributed by atoms with van der Waals surface area (Å²) in [5.74, 6) is -0.242. The number of benzene rings is 1. The van der Waals surface area contributed by atoms with Crippen LogP contribution in [0.4, 0.5) is 4.39 Å². The summed E-state index contributed by atoms with van der Waals surface area (Å²) < 4.78 is 13.6. The van der Waals surface area contributed by atoms with Crippen molar-refractivity contribution in [2.75, 3.05) is 6.54 Å². The van der Waals surface area contributed by atoms with Gasteiger partial charge in [-0.3, -0.25) is 9.78 Å². The van der Waals surface area contributed by atoms with Crippen molar-refractivity contribution in [3.63, 3.8) is 0 Å². The van der Waals surface area contributed by atoms with Gasteiger partial charge in [-0.05, 0) is 55.5 Å². The molecule has 1 atom stereocenters. The van der Waals surface area contributed by atoms with Gasteiger partial charge in [0.05, 0.1) is 6.04 Å². The first-order chi connectivity index (χ1) is 11.2. The van der Waals surface area contributed by atoms with E-state index in [1.54, 1.807) is 24.4 Å². The second kappa shape index (κ2) is 6.90. The van der Waals surface area contributed by atoms with E-state index in [-0.39, 0.29) is 17.8 Å². The Kier molecular flexibility index (Phi) is 4.70. The molecule has 1 saturated heterocycles. The highest BCUT2D eigenvalue weighted by molar-refractivity contribution is 5.94. The van der Waals surface area contributed by atoms with Gasteiger partial charge in [0.2, 0.25) is 0 Å². The van der Waals surface area contributed by atoms with Crippen LogP contribution in [0.1, 0.15) is 53.8 Å². The van der Waals surface area contributed by atoms with E-state index in [1.165, 1.54) is 6.07 Å². The standard InChI is InChI=1S/C19H21FN2O/c1-2-17-13-15(9-10-21-17)19(23)22-11-4-3-8-18(22)14-6-5-7-16(20)12-14/h5-7,9-10,12-13,18H,2-4,8,11H2,1H3. The van der Waals surface area contributed by atoms with Crippen LogP contribution in [-0.2, 0) is 6.42 Å². The van der Waals surface area contributed by atoms with Gasteiger partial charge in [-0.2, -0.15) is 0 Å². The van der Waals surface area contributed by atoms with E-state index in [0.29, 0.717) is 12.1 Å². The fourth-order valence-electron chi connectivity index (χ4n) is 3.21. The van der Waals surface area contributed by atoms with E-state index >= 15 is 0 Å². The van der Waals surface area contributed by atoms with Gasteiger partial charge in [-0.15, -0.1) is 0 Å². The smallest absolute Gasteiger partial charge is 0.254 e. The third-order valence-corrected chi connectivity index (χ3v) is 4.42. The maximum atomic E-state index is 13.6. The van der Waals surface area contributed by atoms with Crippen molar-refractivity contribution in [1.82, 2.24) is 9.88 Å². The first-order valence-corrected chi connectivity index (χ1v) is 8.20. The number of halogens is 1. The molecule has 2 heterocycles. The Morgan fingerprint density at radius 1 is 1.30 bits per heavy atom. The zero-order valence-electron chi connectivity index (χ0n) is 13.3. The minimum Gasteiger partial charge on any atom is -0.332 e. The van der Waals surface area contributed by atoms with Gasteiger partial charge in [-0.1, -0.05) is 19.1 Å². The van der Waals surface area contributed by atoms with Crippen LogP contribution in [0.15, 0.2) is 42.6 Å². The molecule has 4 heteroatoms. The maximum Gasteiger partial charge on any atom is 0.254 e. The monoisotopic (exact) mass is 312 g/mol. The Hall–Kier alpha value is -2.23. The number of nitrogens with zero attached hydrogens (tertiary/aromatic N) is 2. The van der Waals surface area contributed by atoms with Gasteiger partial charge in [0.25, 0.3) is 5.91 Å².